The molecule has 0 spiro atoms. The molecule has 1 aliphatic rings. The van der Waals surface area contributed by atoms with Gasteiger partial charge >= 0.3 is 5.97 Å². The quantitative estimate of drug-likeness (QED) is 0.894. The summed E-state index contributed by atoms with van der Waals surface area (Å²) in [6, 6.07) is 2.05. The van der Waals surface area contributed by atoms with Crippen LogP contribution in [-0.2, 0) is 4.79 Å². The summed E-state index contributed by atoms with van der Waals surface area (Å²) in [7, 11) is 0. The van der Waals surface area contributed by atoms with Gasteiger partial charge in [-0.2, -0.15) is 5.10 Å². The molecule has 2 aromatic heterocycles. The van der Waals surface area contributed by atoms with Crippen LogP contribution in [0.5, 0.6) is 0 Å². The van der Waals surface area contributed by atoms with Crippen molar-refractivity contribution in [3.05, 3.63) is 24.0 Å². The third-order valence-corrected chi connectivity index (χ3v) is 3.94. The van der Waals surface area contributed by atoms with Crippen molar-refractivity contribution in [1.29, 1.82) is 0 Å². The Morgan fingerprint density at radius 2 is 1.88 bits per heavy atom. The summed E-state index contributed by atoms with van der Waals surface area (Å²) in [5.74, 6) is 0.541. The topological polar surface area (TPSA) is 82.8 Å². The smallest absolute Gasteiger partial charge is 0.305 e. The van der Waals surface area contributed by atoms with E-state index in [0.717, 1.165) is 37.6 Å². The van der Waals surface area contributed by atoms with E-state index >= 15 is 0 Å². The Hall–Kier alpha value is -2.15. The van der Waals surface area contributed by atoms with Crippen LogP contribution in [0.2, 0.25) is 0 Å². The highest BCUT2D eigenvalue weighted by Crippen LogP contribution is 2.21. The summed E-state index contributed by atoms with van der Waals surface area (Å²) < 4.78 is 1.86. The standard InChI is InChI=1S/C13H19N5.C4H8O2/c1-10(2)11-9-15-18-6-3-12(16-13(11)18)17-7-4-14-5-8-17;1-3(2)4(5)6/h3,6,9-10,14H,4-5,7-8H2,1-2H3;3H,1-2H3,(H,5,6). The lowest BCUT2D eigenvalue weighted by Gasteiger charge is -2.28. The average molecular weight is 333 g/mol. The van der Waals surface area contributed by atoms with Crippen LogP contribution >= 0.6 is 0 Å². The van der Waals surface area contributed by atoms with E-state index in [0.29, 0.717) is 5.92 Å². The lowest BCUT2D eigenvalue weighted by atomic mass is 10.1. The Kier molecular flexibility index (Phi) is 6.14. The fraction of sp³-hybridized carbons (Fsp3) is 0.588. The molecular formula is C17H27N5O2. The second-order valence-corrected chi connectivity index (χ2v) is 6.54. The van der Waals surface area contributed by atoms with Gasteiger partial charge in [-0.15, -0.1) is 0 Å². The first-order chi connectivity index (χ1) is 11.4. The Bertz CT molecular complexity index is 675. The first-order valence-corrected chi connectivity index (χ1v) is 8.43. The number of nitrogens with zero attached hydrogens (tertiary/aromatic N) is 4. The lowest BCUT2D eigenvalue weighted by molar-refractivity contribution is -0.140. The molecule has 0 amide bonds. The number of aliphatic carboxylic acids is 1. The number of carbonyl (C=O) groups is 1. The van der Waals surface area contributed by atoms with E-state index in [1.165, 1.54) is 5.56 Å². The molecule has 0 unspecified atom stereocenters. The number of fused-ring (bicyclic) bond motifs is 1. The van der Waals surface area contributed by atoms with Crippen LogP contribution in [0.15, 0.2) is 18.5 Å². The number of piperazine rings is 1. The minimum Gasteiger partial charge on any atom is -0.481 e. The zero-order valence-electron chi connectivity index (χ0n) is 14.9. The van der Waals surface area contributed by atoms with Crippen molar-refractivity contribution in [3.8, 4) is 0 Å². The second kappa shape index (κ2) is 8.10. The number of nitrogens with one attached hydrogen (secondary N) is 1. The molecule has 1 aliphatic heterocycles. The highest BCUT2D eigenvalue weighted by molar-refractivity contribution is 5.68. The number of hydrogen-bond acceptors (Lipinski definition) is 5. The number of carboxylic acids is 1. The molecule has 1 fully saturated rings. The second-order valence-electron chi connectivity index (χ2n) is 6.54. The minimum atomic E-state index is -0.741. The van der Waals surface area contributed by atoms with Gasteiger partial charge in [0.15, 0.2) is 5.65 Å². The molecule has 0 aliphatic carbocycles. The van der Waals surface area contributed by atoms with Crippen LogP contribution in [-0.4, -0.2) is 51.9 Å². The predicted octanol–water partition coefficient (Wildman–Crippen LogP) is 1.99. The Labute approximate surface area is 142 Å². The van der Waals surface area contributed by atoms with E-state index in [1.807, 2.05) is 16.9 Å². The van der Waals surface area contributed by atoms with Gasteiger partial charge in [0, 0.05) is 37.9 Å². The molecule has 0 atom stereocenters. The summed E-state index contributed by atoms with van der Waals surface area (Å²) in [6.45, 7) is 11.7. The van der Waals surface area contributed by atoms with Crippen molar-refractivity contribution in [1.82, 2.24) is 19.9 Å². The van der Waals surface area contributed by atoms with Gasteiger partial charge in [0.1, 0.15) is 5.82 Å². The predicted molar refractivity (Wildman–Crippen MR) is 94.6 cm³/mol. The van der Waals surface area contributed by atoms with Crippen molar-refractivity contribution in [3.63, 3.8) is 0 Å². The van der Waals surface area contributed by atoms with Crippen LogP contribution in [0.1, 0.15) is 39.2 Å². The maximum atomic E-state index is 9.70. The molecule has 0 bridgehead atoms. The van der Waals surface area contributed by atoms with Crippen LogP contribution < -0.4 is 10.2 Å². The molecule has 7 nitrogen and oxygen atoms in total. The molecule has 132 valence electrons. The molecule has 24 heavy (non-hydrogen) atoms. The SMILES string of the molecule is CC(C)C(=O)O.CC(C)c1cnn2ccc(N3CCNCC3)nc12. The normalized spacial score (nSPS) is 14.8. The molecule has 2 aromatic rings. The maximum absolute atomic E-state index is 9.70. The van der Waals surface area contributed by atoms with Gasteiger partial charge < -0.3 is 15.3 Å². The summed E-state index contributed by atoms with van der Waals surface area (Å²) in [6.07, 6.45) is 3.93. The van der Waals surface area contributed by atoms with Crippen LogP contribution in [0.4, 0.5) is 5.82 Å². The Balaban J connectivity index is 0.000000301. The number of hydrogen-bond donors (Lipinski definition) is 2. The van der Waals surface area contributed by atoms with E-state index in [4.69, 9.17) is 10.1 Å². The first kappa shape index (κ1) is 18.2. The third kappa shape index (κ3) is 4.44. The number of aromatic nitrogens is 3. The van der Waals surface area contributed by atoms with Gasteiger partial charge in [0.05, 0.1) is 12.1 Å². The third-order valence-electron chi connectivity index (χ3n) is 3.94. The summed E-state index contributed by atoms with van der Waals surface area (Å²) in [5.41, 5.74) is 2.20. The molecule has 7 heteroatoms. The fourth-order valence-electron chi connectivity index (χ4n) is 2.35. The Morgan fingerprint density at radius 3 is 2.42 bits per heavy atom. The number of anilines is 1. The van der Waals surface area contributed by atoms with Crippen molar-refractivity contribution < 1.29 is 9.90 Å². The van der Waals surface area contributed by atoms with Gasteiger partial charge in [0.2, 0.25) is 0 Å². The molecule has 3 rings (SSSR count). The molecule has 0 aromatic carbocycles. The van der Waals surface area contributed by atoms with E-state index in [1.54, 1.807) is 13.8 Å². The molecule has 3 heterocycles. The van der Waals surface area contributed by atoms with Crippen molar-refractivity contribution >= 4 is 17.4 Å². The number of rotatable bonds is 3. The Morgan fingerprint density at radius 1 is 1.25 bits per heavy atom. The molecule has 2 N–H and O–H groups in total. The van der Waals surface area contributed by atoms with E-state index < -0.39 is 5.97 Å². The minimum absolute atomic E-state index is 0.231. The van der Waals surface area contributed by atoms with Crippen molar-refractivity contribution in [2.24, 2.45) is 5.92 Å². The fourth-order valence-corrected chi connectivity index (χ4v) is 2.35. The first-order valence-electron chi connectivity index (χ1n) is 8.43. The van der Waals surface area contributed by atoms with Crippen molar-refractivity contribution in [2.75, 3.05) is 31.1 Å². The molecule has 0 radical (unpaired) electrons. The molecular weight excluding hydrogens is 306 g/mol. The largest absolute Gasteiger partial charge is 0.481 e. The zero-order chi connectivity index (χ0) is 17.7. The van der Waals surface area contributed by atoms with Crippen LogP contribution in [0.25, 0.3) is 5.65 Å². The summed E-state index contributed by atoms with van der Waals surface area (Å²) in [4.78, 5) is 16.8. The van der Waals surface area contributed by atoms with Crippen molar-refractivity contribution in [2.45, 2.75) is 33.6 Å². The lowest BCUT2D eigenvalue weighted by Crippen LogP contribution is -2.43. The van der Waals surface area contributed by atoms with Crippen LogP contribution in [0.3, 0.4) is 0 Å². The van der Waals surface area contributed by atoms with Gasteiger partial charge in [0.25, 0.3) is 0 Å². The van der Waals surface area contributed by atoms with Gasteiger partial charge in [-0.1, -0.05) is 27.7 Å². The average Bonchev–Trinajstić information content (AvgIpc) is 2.99. The number of carboxylic acid groups (broad SMARTS) is 1. The van der Waals surface area contributed by atoms with E-state index in [-0.39, 0.29) is 5.92 Å². The van der Waals surface area contributed by atoms with E-state index in [9.17, 15) is 4.79 Å². The highest BCUT2D eigenvalue weighted by atomic mass is 16.4. The van der Waals surface area contributed by atoms with E-state index in [2.05, 4.69) is 35.2 Å². The zero-order valence-corrected chi connectivity index (χ0v) is 14.9. The maximum Gasteiger partial charge on any atom is 0.305 e. The summed E-state index contributed by atoms with van der Waals surface area (Å²) >= 11 is 0. The molecule has 0 saturated carbocycles. The monoisotopic (exact) mass is 333 g/mol. The van der Waals surface area contributed by atoms with Gasteiger partial charge in [-0.25, -0.2) is 9.50 Å². The van der Waals surface area contributed by atoms with Gasteiger partial charge in [-0.05, 0) is 12.0 Å². The molecule has 1 saturated heterocycles. The van der Waals surface area contributed by atoms with Crippen LogP contribution in [0, 0.1) is 5.92 Å². The highest BCUT2D eigenvalue weighted by Gasteiger charge is 2.14. The van der Waals surface area contributed by atoms with Gasteiger partial charge in [-0.3, -0.25) is 4.79 Å². The summed E-state index contributed by atoms with van der Waals surface area (Å²) in [5, 5.41) is 15.7.